The van der Waals surface area contributed by atoms with Gasteiger partial charge >= 0.3 is 11.9 Å². The van der Waals surface area contributed by atoms with Crippen molar-refractivity contribution in [2.24, 2.45) is 10.8 Å². The molecule has 0 saturated heterocycles. The van der Waals surface area contributed by atoms with Crippen molar-refractivity contribution in [3.05, 3.63) is 0 Å². The molecule has 24 heavy (non-hydrogen) atoms. The smallest absolute Gasteiger partial charge is 0.314 e. The molecule has 0 fully saturated rings. The standard InChI is InChI=1S/C14H22O8S2/c1-13(2,11(15)16)9(23(19)20)7-5-6-8-10(24(21)22)14(3,4)12(17)18/h5-8H2,1-4H3,(H,15,16)(H,17,18). The number of carbonyl (C=O) groups is 2. The maximum atomic E-state index is 11.3. The summed E-state index contributed by atoms with van der Waals surface area (Å²) < 4.78 is 45.0. The van der Waals surface area contributed by atoms with E-state index in [1.165, 1.54) is 27.7 Å². The summed E-state index contributed by atoms with van der Waals surface area (Å²) in [5.41, 5.74) is -3.11. The van der Waals surface area contributed by atoms with Gasteiger partial charge in [-0.05, 0) is 53.4 Å². The maximum absolute atomic E-state index is 11.3. The molecule has 0 saturated carbocycles. The van der Waals surface area contributed by atoms with Crippen LogP contribution in [0.3, 0.4) is 0 Å². The van der Waals surface area contributed by atoms with E-state index in [4.69, 9.17) is 10.2 Å². The molecule has 0 radical (unpaired) electrons. The number of hydrogen-bond donors (Lipinski definition) is 2. The summed E-state index contributed by atoms with van der Waals surface area (Å²) in [6, 6.07) is 0. The minimum Gasteiger partial charge on any atom is -0.481 e. The van der Waals surface area contributed by atoms with E-state index >= 15 is 0 Å². The maximum Gasteiger partial charge on any atom is 0.314 e. The first-order valence-corrected chi connectivity index (χ1v) is 9.29. The van der Waals surface area contributed by atoms with Crippen molar-refractivity contribution >= 4 is 42.3 Å². The first-order valence-electron chi connectivity index (χ1n) is 7.14. The zero-order valence-corrected chi connectivity index (χ0v) is 15.6. The van der Waals surface area contributed by atoms with Crippen molar-refractivity contribution in [1.82, 2.24) is 0 Å². The quantitative estimate of drug-likeness (QED) is 0.442. The van der Waals surface area contributed by atoms with Crippen molar-refractivity contribution in [2.75, 3.05) is 0 Å². The van der Waals surface area contributed by atoms with Crippen LogP contribution in [-0.4, -0.2) is 48.7 Å². The lowest BCUT2D eigenvalue weighted by molar-refractivity contribution is -0.144. The van der Waals surface area contributed by atoms with Gasteiger partial charge in [0.1, 0.15) is 0 Å². The van der Waals surface area contributed by atoms with Crippen molar-refractivity contribution < 1.29 is 36.6 Å². The SMILES string of the molecule is CC(C)(C(=O)O)C(CCCCC(=S(=O)=O)C(C)(C)C(=O)O)=S(=O)=O. The minimum atomic E-state index is -2.68. The Kier molecular flexibility index (Phi) is 7.84. The molecule has 0 amide bonds. The Morgan fingerprint density at radius 3 is 1.12 bits per heavy atom. The third kappa shape index (κ3) is 5.45. The molecule has 0 bridgehead atoms. The lowest BCUT2D eigenvalue weighted by atomic mass is 9.85. The molecular weight excluding hydrogens is 360 g/mol. The summed E-state index contributed by atoms with van der Waals surface area (Å²) in [7, 11) is -5.36. The summed E-state index contributed by atoms with van der Waals surface area (Å²) in [5.74, 6) is -2.55. The molecule has 0 atom stereocenters. The Bertz CT molecular complexity index is 699. The van der Waals surface area contributed by atoms with E-state index in [9.17, 15) is 26.4 Å². The van der Waals surface area contributed by atoms with E-state index in [-0.39, 0.29) is 35.4 Å². The monoisotopic (exact) mass is 382 g/mol. The van der Waals surface area contributed by atoms with E-state index in [2.05, 4.69) is 0 Å². The normalized spacial score (nSPS) is 11.7. The zero-order chi connectivity index (χ0) is 19.3. The van der Waals surface area contributed by atoms with Crippen molar-refractivity contribution in [3.63, 3.8) is 0 Å². The number of unbranched alkanes of at least 4 members (excludes halogenated alkanes) is 1. The van der Waals surface area contributed by atoms with Crippen LogP contribution in [0.2, 0.25) is 0 Å². The molecule has 0 aliphatic carbocycles. The fourth-order valence-electron chi connectivity index (χ4n) is 2.02. The average molecular weight is 382 g/mol. The van der Waals surface area contributed by atoms with E-state index in [1.807, 2.05) is 0 Å². The number of rotatable bonds is 9. The molecule has 0 aromatic rings. The molecule has 10 heteroatoms. The highest BCUT2D eigenvalue weighted by Gasteiger charge is 2.35. The van der Waals surface area contributed by atoms with Crippen LogP contribution in [-0.2, 0) is 30.2 Å². The molecule has 0 aliphatic heterocycles. The molecular formula is C14H22O8S2. The van der Waals surface area contributed by atoms with Gasteiger partial charge < -0.3 is 10.2 Å². The Morgan fingerprint density at radius 1 is 0.708 bits per heavy atom. The van der Waals surface area contributed by atoms with Gasteiger partial charge in [-0.3, -0.25) is 9.59 Å². The van der Waals surface area contributed by atoms with Crippen LogP contribution in [0.15, 0.2) is 0 Å². The van der Waals surface area contributed by atoms with Gasteiger partial charge in [0, 0.05) is 0 Å². The van der Waals surface area contributed by atoms with Crippen LogP contribution >= 0.6 is 0 Å². The van der Waals surface area contributed by atoms with Crippen LogP contribution in [0, 0.1) is 10.8 Å². The molecule has 0 aromatic heterocycles. The molecule has 0 heterocycles. The van der Waals surface area contributed by atoms with Crippen molar-refractivity contribution in [2.45, 2.75) is 53.4 Å². The first kappa shape index (κ1) is 22.3. The van der Waals surface area contributed by atoms with Gasteiger partial charge in [-0.1, -0.05) is 0 Å². The summed E-state index contributed by atoms with van der Waals surface area (Å²) in [6.07, 6.45) is 0.357. The number of carboxylic acids is 2. The molecule has 2 N–H and O–H groups in total. The summed E-state index contributed by atoms with van der Waals surface area (Å²) >= 11 is 0. The topological polar surface area (TPSA) is 143 Å². The van der Waals surface area contributed by atoms with E-state index < -0.39 is 43.4 Å². The van der Waals surface area contributed by atoms with E-state index in [0.29, 0.717) is 0 Å². The average Bonchev–Trinajstić information content (AvgIpc) is 2.40. The Hall–Kier alpha value is -1.68. The van der Waals surface area contributed by atoms with Gasteiger partial charge in [-0.25, -0.2) is 0 Å². The van der Waals surface area contributed by atoms with Gasteiger partial charge in [-0.2, -0.15) is 16.8 Å². The molecule has 8 nitrogen and oxygen atoms in total. The predicted molar refractivity (Wildman–Crippen MR) is 89.2 cm³/mol. The molecule has 138 valence electrons. The summed E-state index contributed by atoms with van der Waals surface area (Å²) in [5, 5.41) is 18.2. The first-order chi connectivity index (χ1) is 10.8. The van der Waals surface area contributed by atoms with Gasteiger partial charge in [0.15, 0.2) is 0 Å². The van der Waals surface area contributed by atoms with Gasteiger partial charge in [0.25, 0.3) is 0 Å². The number of hydrogen-bond acceptors (Lipinski definition) is 6. The van der Waals surface area contributed by atoms with Crippen LogP contribution in [0.4, 0.5) is 0 Å². The van der Waals surface area contributed by atoms with Gasteiger partial charge in [0.05, 0.1) is 20.6 Å². The van der Waals surface area contributed by atoms with Gasteiger partial charge in [0.2, 0.25) is 20.6 Å². The highest BCUT2D eigenvalue weighted by atomic mass is 32.2. The molecule has 0 unspecified atom stereocenters. The van der Waals surface area contributed by atoms with Crippen LogP contribution in [0.5, 0.6) is 0 Å². The second-order valence-electron chi connectivity index (χ2n) is 6.38. The number of carboxylic acid groups (broad SMARTS) is 2. The Labute approximate surface area is 143 Å². The zero-order valence-electron chi connectivity index (χ0n) is 14.0. The molecule has 0 rings (SSSR count). The largest absolute Gasteiger partial charge is 0.481 e. The fourth-order valence-corrected chi connectivity index (χ4v) is 3.65. The van der Waals surface area contributed by atoms with Crippen LogP contribution in [0.1, 0.15) is 53.4 Å². The molecule has 0 spiro atoms. The molecule has 0 aromatic carbocycles. The summed E-state index contributed by atoms with van der Waals surface area (Å²) in [6.45, 7) is 5.10. The Morgan fingerprint density at radius 2 is 0.958 bits per heavy atom. The molecule has 0 aliphatic rings. The second-order valence-corrected chi connectivity index (χ2v) is 8.31. The van der Waals surface area contributed by atoms with Crippen LogP contribution < -0.4 is 0 Å². The summed E-state index contributed by atoms with van der Waals surface area (Å²) in [4.78, 5) is 22.0. The number of aliphatic carboxylic acids is 2. The van der Waals surface area contributed by atoms with Gasteiger partial charge in [-0.15, -0.1) is 0 Å². The fraction of sp³-hybridized carbons (Fsp3) is 0.714. The van der Waals surface area contributed by atoms with Crippen molar-refractivity contribution in [3.8, 4) is 0 Å². The minimum absolute atomic E-state index is 0.0400. The lowest BCUT2D eigenvalue weighted by Crippen LogP contribution is -2.34. The van der Waals surface area contributed by atoms with E-state index in [1.54, 1.807) is 0 Å². The predicted octanol–water partition coefficient (Wildman–Crippen LogP) is 0.871. The third-order valence-electron chi connectivity index (χ3n) is 3.92. The second kappa shape index (κ2) is 8.43. The lowest BCUT2D eigenvalue weighted by Gasteiger charge is -2.21. The highest BCUT2D eigenvalue weighted by Crippen LogP contribution is 2.24. The Balaban J connectivity index is 5.14. The third-order valence-corrected chi connectivity index (χ3v) is 6.16. The van der Waals surface area contributed by atoms with Crippen LogP contribution in [0.25, 0.3) is 0 Å². The van der Waals surface area contributed by atoms with Crippen molar-refractivity contribution in [1.29, 1.82) is 0 Å². The highest BCUT2D eigenvalue weighted by molar-refractivity contribution is 7.73. The van der Waals surface area contributed by atoms with E-state index in [0.717, 1.165) is 0 Å².